The van der Waals surface area contributed by atoms with Crippen LogP contribution in [0.5, 0.6) is 0 Å². The molecule has 1 N–H and O–H groups in total. The second-order valence-corrected chi connectivity index (χ2v) is 11.2. The number of esters is 1. The largest absolute Gasteiger partial charge is 0.457 e. The highest BCUT2D eigenvalue weighted by Gasteiger charge is 2.31. The second kappa shape index (κ2) is 11.0. The first-order valence-corrected chi connectivity index (χ1v) is 12.1. The molecular weight excluding hydrogens is 434 g/mol. The number of amides is 1. The minimum atomic E-state index is -3.93. The summed E-state index contributed by atoms with van der Waals surface area (Å²) in [5.41, 5.74) is -0.364. The molecule has 1 aromatic carbocycles. The summed E-state index contributed by atoms with van der Waals surface area (Å²) < 4.78 is 40.0. The average Bonchev–Trinajstić information content (AvgIpc) is 2.55. The molecule has 0 radical (unpaired) electrons. The van der Waals surface area contributed by atoms with E-state index in [2.05, 4.69) is 5.32 Å². The molecule has 32 heavy (non-hydrogen) atoms. The van der Waals surface area contributed by atoms with Gasteiger partial charge in [0.05, 0.1) is 12.3 Å². The van der Waals surface area contributed by atoms with Crippen LogP contribution < -0.4 is 5.32 Å². The smallest absolute Gasteiger partial charge is 0.407 e. The van der Waals surface area contributed by atoms with E-state index in [-0.39, 0.29) is 12.0 Å². The number of alkyl carbamates (subject to hydrolysis) is 1. The predicted molar refractivity (Wildman–Crippen MR) is 123 cm³/mol. The first-order valence-electron chi connectivity index (χ1n) is 10.3. The summed E-state index contributed by atoms with van der Waals surface area (Å²) in [5.74, 6) is -0.646. The normalized spacial score (nSPS) is 14.9. The summed E-state index contributed by atoms with van der Waals surface area (Å²) in [6.45, 7) is 11.9. The van der Waals surface area contributed by atoms with Crippen LogP contribution in [0.4, 0.5) is 4.79 Å². The maximum Gasteiger partial charge on any atom is 0.407 e. The molecular formula is C23H35NO7S. The summed E-state index contributed by atoms with van der Waals surface area (Å²) in [6, 6.07) is 8.34. The fourth-order valence-corrected chi connectivity index (χ4v) is 3.47. The van der Waals surface area contributed by atoms with Crippen molar-refractivity contribution in [1.29, 1.82) is 0 Å². The molecule has 0 bridgehead atoms. The van der Waals surface area contributed by atoms with Gasteiger partial charge in [-0.15, -0.1) is 0 Å². The van der Waals surface area contributed by atoms with Gasteiger partial charge in [0, 0.05) is 6.08 Å². The summed E-state index contributed by atoms with van der Waals surface area (Å²) in [7, 11) is -3.93. The van der Waals surface area contributed by atoms with E-state index in [4.69, 9.17) is 13.7 Å². The van der Waals surface area contributed by atoms with Gasteiger partial charge in [-0.3, -0.25) is 4.18 Å². The molecule has 180 valence electrons. The molecule has 0 saturated carbocycles. The summed E-state index contributed by atoms with van der Waals surface area (Å²) in [4.78, 5) is 24.8. The van der Waals surface area contributed by atoms with Gasteiger partial charge in [0.2, 0.25) is 0 Å². The van der Waals surface area contributed by atoms with Gasteiger partial charge in [-0.1, -0.05) is 30.3 Å². The Morgan fingerprint density at radius 3 is 2.00 bits per heavy atom. The van der Waals surface area contributed by atoms with Gasteiger partial charge in [0.1, 0.15) is 17.3 Å². The Bertz CT molecular complexity index is 910. The van der Waals surface area contributed by atoms with E-state index in [9.17, 15) is 18.0 Å². The fourth-order valence-electron chi connectivity index (χ4n) is 2.81. The van der Waals surface area contributed by atoms with Crippen LogP contribution in [-0.2, 0) is 35.0 Å². The molecule has 0 fully saturated rings. The van der Waals surface area contributed by atoms with Crippen LogP contribution >= 0.6 is 0 Å². The molecule has 1 rings (SSSR count). The minimum absolute atomic E-state index is 0.236. The van der Waals surface area contributed by atoms with Crippen molar-refractivity contribution < 1.29 is 31.7 Å². The molecule has 1 amide bonds. The van der Waals surface area contributed by atoms with E-state index >= 15 is 0 Å². The minimum Gasteiger partial charge on any atom is -0.457 e. The fraction of sp³-hybridized carbons (Fsp3) is 0.565. The maximum absolute atomic E-state index is 12.5. The Morgan fingerprint density at radius 1 is 1.00 bits per heavy atom. The van der Waals surface area contributed by atoms with Crippen molar-refractivity contribution in [2.24, 2.45) is 0 Å². The quantitative estimate of drug-likeness (QED) is 0.351. The zero-order valence-electron chi connectivity index (χ0n) is 20.1. The Hall–Kier alpha value is -2.39. The zero-order valence-corrected chi connectivity index (χ0v) is 20.9. The second-order valence-electron chi connectivity index (χ2n) is 9.59. The number of nitrogens with one attached hydrogen (secondary N) is 1. The molecule has 9 heteroatoms. The SMILES string of the molecule is C/C(=C\C(=O)OC(C)(C)C)[C@H](OS(C)(=O)=O)[C@@H](Cc1ccccc1)NC(=O)OC(C)(C)C. The molecule has 0 saturated heterocycles. The van der Waals surface area contributed by atoms with Gasteiger partial charge in [0.25, 0.3) is 10.1 Å². The first kappa shape index (κ1) is 27.6. The highest BCUT2D eigenvalue weighted by molar-refractivity contribution is 7.86. The van der Waals surface area contributed by atoms with E-state index in [1.807, 2.05) is 30.3 Å². The van der Waals surface area contributed by atoms with Crippen LogP contribution in [0, 0.1) is 0 Å². The lowest BCUT2D eigenvalue weighted by Gasteiger charge is -2.29. The highest BCUT2D eigenvalue weighted by atomic mass is 32.2. The Kier molecular flexibility index (Phi) is 9.47. The van der Waals surface area contributed by atoms with Gasteiger partial charge in [-0.2, -0.15) is 8.42 Å². The lowest BCUT2D eigenvalue weighted by molar-refractivity contribution is -0.148. The van der Waals surface area contributed by atoms with Gasteiger partial charge >= 0.3 is 12.1 Å². The number of hydrogen-bond donors (Lipinski definition) is 1. The number of rotatable bonds is 8. The van der Waals surface area contributed by atoms with Crippen LogP contribution in [-0.4, -0.2) is 50.1 Å². The molecule has 0 aliphatic carbocycles. The van der Waals surface area contributed by atoms with E-state index in [1.165, 1.54) is 6.08 Å². The van der Waals surface area contributed by atoms with Crippen LogP contribution in [0.25, 0.3) is 0 Å². The number of benzene rings is 1. The van der Waals surface area contributed by atoms with Crippen molar-refractivity contribution in [2.75, 3.05) is 6.26 Å². The Balaban J connectivity index is 3.34. The maximum atomic E-state index is 12.5. The molecule has 2 atom stereocenters. The zero-order chi connectivity index (χ0) is 24.7. The molecule has 0 heterocycles. The van der Waals surface area contributed by atoms with Crippen LogP contribution in [0.1, 0.15) is 54.0 Å². The third-order valence-electron chi connectivity index (χ3n) is 3.85. The lowest BCUT2D eigenvalue weighted by Crippen LogP contribution is -2.48. The number of hydrogen-bond acceptors (Lipinski definition) is 7. The molecule has 0 aliphatic heterocycles. The van der Waals surface area contributed by atoms with Gasteiger partial charge in [-0.05, 0) is 66.0 Å². The van der Waals surface area contributed by atoms with Gasteiger partial charge in [-0.25, -0.2) is 9.59 Å². The van der Waals surface area contributed by atoms with Crippen molar-refractivity contribution in [1.82, 2.24) is 5.32 Å². The summed E-state index contributed by atoms with van der Waals surface area (Å²) in [6.07, 6.45) is 0.430. The van der Waals surface area contributed by atoms with Crippen LogP contribution in [0.15, 0.2) is 42.0 Å². The molecule has 8 nitrogen and oxygen atoms in total. The Labute approximate surface area is 191 Å². The van der Waals surface area contributed by atoms with Crippen molar-refractivity contribution in [3.05, 3.63) is 47.5 Å². The van der Waals surface area contributed by atoms with E-state index in [0.29, 0.717) is 0 Å². The average molecular weight is 470 g/mol. The monoisotopic (exact) mass is 469 g/mol. The molecule has 0 aromatic heterocycles. The number of carbonyl (C=O) groups excluding carboxylic acids is 2. The molecule has 0 aliphatic rings. The van der Waals surface area contributed by atoms with Crippen molar-refractivity contribution >= 4 is 22.2 Å². The Morgan fingerprint density at radius 2 is 1.53 bits per heavy atom. The van der Waals surface area contributed by atoms with Gasteiger partial charge < -0.3 is 14.8 Å². The van der Waals surface area contributed by atoms with Crippen molar-refractivity contribution in [2.45, 2.75) is 78.2 Å². The van der Waals surface area contributed by atoms with Gasteiger partial charge in [0.15, 0.2) is 0 Å². The number of carbonyl (C=O) groups is 2. The van der Waals surface area contributed by atoms with Crippen LogP contribution in [0.2, 0.25) is 0 Å². The predicted octanol–water partition coefficient (Wildman–Crippen LogP) is 3.76. The molecule has 0 unspecified atom stereocenters. The van der Waals surface area contributed by atoms with Crippen molar-refractivity contribution in [3.63, 3.8) is 0 Å². The third-order valence-corrected chi connectivity index (χ3v) is 4.40. The summed E-state index contributed by atoms with van der Waals surface area (Å²) in [5, 5.41) is 2.70. The van der Waals surface area contributed by atoms with E-state index in [1.54, 1.807) is 48.5 Å². The van der Waals surface area contributed by atoms with Crippen molar-refractivity contribution in [3.8, 4) is 0 Å². The molecule has 0 spiro atoms. The number of ether oxygens (including phenoxy) is 2. The highest BCUT2D eigenvalue weighted by Crippen LogP contribution is 2.20. The van der Waals surface area contributed by atoms with Crippen LogP contribution in [0.3, 0.4) is 0 Å². The first-order chi connectivity index (χ1) is 14.5. The van der Waals surface area contributed by atoms with E-state index in [0.717, 1.165) is 11.8 Å². The van der Waals surface area contributed by atoms with E-state index < -0.39 is 45.5 Å². The topological polar surface area (TPSA) is 108 Å². The third kappa shape index (κ3) is 11.9. The standard InChI is InChI=1S/C23H35NO7S/c1-16(14-19(25)29-22(2,3)4)20(31-32(8,27)28)18(15-17-12-10-9-11-13-17)24-21(26)30-23(5,6)7/h9-14,18,20H,15H2,1-8H3,(H,24,26)/b16-14+/t18-,20+/m1/s1. The lowest BCUT2D eigenvalue weighted by atomic mass is 9.96. The molecule has 1 aromatic rings. The summed E-state index contributed by atoms with van der Waals surface area (Å²) >= 11 is 0.